The summed E-state index contributed by atoms with van der Waals surface area (Å²) in [6.45, 7) is 1.75. The van der Waals surface area contributed by atoms with Crippen LogP contribution >= 0.6 is 11.8 Å². The predicted molar refractivity (Wildman–Crippen MR) is 59.3 cm³/mol. The minimum atomic E-state index is -0.376. The van der Waals surface area contributed by atoms with E-state index in [1.165, 1.54) is 17.8 Å². The molecule has 1 rings (SSSR count). The third-order valence-corrected chi connectivity index (χ3v) is 3.50. The second-order valence-electron chi connectivity index (χ2n) is 3.47. The van der Waals surface area contributed by atoms with Gasteiger partial charge in [0.1, 0.15) is 5.82 Å². The normalized spacial score (nSPS) is 12.8. The lowest BCUT2D eigenvalue weighted by Gasteiger charge is -2.10. The van der Waals surface area contributed by atoms with Crippen LogP contribution in [0.25, 0.3) is 0 Å². The molecule has 0 amide bonds. The van der Waals surface area contributed by atoms with E-state index < -0.39 is 0 Å². The number of rotatable bonds is 5. The Labute approximate surface area is 93.1 Å². The van der Waals surface area contributed by atoms with E-state index in [1.807, 2.05) is 6.92 Å². The van der Waals surface area contributed by atoms with Crippen LogP contribution in [0.5, 0.6) is 0 Å². The summed E-state index contributed by atoms with van der Waals surface area (Å²) >= 11 is 1.46. The quantitative estimate of drug-likeness (QED) is 0.760. The molecule has 0 aliphatic heterocycles. The molecule has 0 saturated heterocycles. The van der Waals surface area contributed by atoms with Crippen LogP contribution in [-0.2, 0) is 6.61 Å². The molecule has 0 fully saturated rings. The summed E-state index contributed by atoms with van der Waals surface area (Å²) in [6, 6.07) is 4.74. The SMILES string of the molecule is CC(CO)CSc1cccc(F)c1CO. The standard InChI is InChI=1S/C11H15FO2S/c1-8(5-13)7-15-11-4-2-3-10(12)9(11)6-14/h2-4,8,13-14H,5-7H2,1H3. The number of thioether (sulfide) groups is 1. The van der Waals surface area contributed by atoms with Gasteiger partial charge in [0.05, 0.1) is 6.61 Å². The molecule has 2 nitrogen and oxygen atoms in total. The fourth-order valence-corrected chi connectivity index (χ4v) is 2.19. The molecule has 4 heteroatoms. The van der Waals surface area contributed by atoms with Crippen LogP contribution in [-0.4, -0.2) is 22.6 Å². The minimum absolute atomic E-state index is 0.122. The minimum Gasteiger partial charge on any atom is -0.396 e. The van der Waals surface area contributed by atoms with Crippen LogP contribution in [0.15, 0.2) is 23.1 Å². The first-order valence-corrected chi connectivity index (χ1v) is 5.79. The second-order valence-corrected chi connectivity index (χ2v) is 4.54. The maximum Gasteiger partial charge on any atom is 0.129 e. The van der Waals surface area contributed by atoms with Crippen molar-refractivity contribution in [1.29, 1.82) is 0 Å². The van der Waals surface area contributed by atoms with E-state index in [4.69, 9.17) is 10.2 Å². The molecule has 0 aliphatic rings. The van der Waals surface area contributed by atoms with Crippen LogP contribution < -0.4 is 0 Å². The molecule has 0 heterocycles. The first-order chi connectivity index (χ1) is 7.19. The number of benzene rings is 1. The number of hydrogen-bond acceptors (Lipinski definition) is 3. The molecule has 1 aromatic rings. The van der Waals surface area contributed by atoms with Gasteiger partial charge in [-0.2, -0.15) is 0 Å². The van der Waals surface area contributed by atoms with Gasteiger partial charge in [0.15, 0.2) is 0 Å². The largest absolute Gasteiger partial charge is 0.396 e. The van der Waals surface area contributed by atoms with E-state index in [-0.39, 0.29) is 24.9 Å². The van der Waals surface area contributed by atoms with E-state index in [0.717, 1.165) is 4.90 Å². The van der Waals surface area contributed by atoms with E-state index in [2.05, 4.69) is 0 Å². The highest BCUT2D eigenvalue weighted by molar-refractivity contribution is 7.99. The van der Waals surface area contributed by atoms with Crippen molar-refractivity contribution in [1.82, 2.24) is 0 Å². The Morgan fingerprint density at radius 1 is 1.40 bits per heavy atom. The van der Waals surface area contributed by atoms with Crippen LogP contribution in [0, 0.1) is 11.7 Å². The molecule has 2 N–H and O–H groups in total. The first kappa shape index (κ1) is 12.5. The summed E-state index contributed by atoms with van der Waals surface area (Å²) in [5.74, 6) is 0.511. The highest BCUT2D eigenvalue weighted by Gasteiger charge is 2.09. The summed E-state index contributed by atoms with van der Waals surface area (Å²) in [7, 11) is 0. The molecule has 1 unspecified atom stereocenters. The average molecular weight is 230 g/mol. The molecule has 84 valence electrons. The molecule has 0 saturated carbocycles. The van der Waals surface area contributed by atoms with Gasteiger partial charge >= 0.3 is 0 Å². The summed E-state index contributed by atoms with van der Waals surface area (Å²) in [5, 5.41) is 17.9. The van der Waals surface area contributed by atoms with Crippen molar-refractivity contribution >= 4 is 11.8 Å². The topological polar surface area (TPSA) is 40.5 Å². The van der Waals surface area contributed by atoms with Gasteiger partial charge in [0.2, 0.25) is 0 Å². The summed E-state index contributed by atoms with van der Waals surface area (Å²) in [5.41, 5.74) is 0.340. The fourth-order valence-electron chi connectivity index (χ4n) is 1.11. The van der Waals surface area contributed by atoms with E-state index >= 15 is 0 Å². The van der Waals surface area contributed by atoms with Crippen molar-refractivity contribution in [2.75, 3.05) is 12.4 Å². The maximum atomic E-state index is 13.2. The summed E-state index contributed by atoms with van der Waals surface area (Å²) in [4.78, 5) is 0.748. The molecule has 0 bridgehead atoms. The molecular weight excluding hydrogens is 215 g/mol. The van der Waals surface area contributed by atoms with E-state index in [0.29, 0.717) is 11.3 Å². The lowest BCUT2D eigenvalue weighted by molar-refractivity contribution is 0.250. The predicted octanol–water partition coefficient (Wildman–Crippen LogP) is 2.04. The van der Waals surface area contributed by atoms with Crippen molar-refractivity contribution in [3.8, 4) is 0 Å². The van der Waals surface area contributed by atoms with Crippen molar-refractivity contribution in [2.45, 2.75) is 18.4 Å². The van der Waals surface area contributed by atoms with Crippen LogP contribution in [0.3, 0.4) is 0 Å². The van der Waals surface area contributed by atoms with Gasteiger partial charge in [0.25, 0.3) is 0 Å². The smallest absolute Gasteiger partial charge is 0.129 e. The zero-order valence-corrected chi connectivity index (χ0v) is 9.43. The molecule has 0 aromatic heterocycles. The summed E-state index contributed by atoms with van der Waals surface area (Å²) in [6.07, 6.45) is 0. The third-order valence-electron chi connectivity index (χ3n) is 2.07. The Morgan fingerprint density at radius 2 is 2.13 bits per heavy atom. The lowest BCUT2D eigenvalue weighted by atomic mass is 10.2. The van der Waals surface area contributed by atoms with Crippen LogP contribution in [0.4, 0.5) is 4.39 Å². The zero-order chi connectivity index (χ0) is 11.3. The molecule has 0 radical (unpaired) electrons. The number of aliphatic hydroxyl groups excluding tert-OH is 2. The fraction of sp³-hybridized carbons (Fsp3) is 0.455. The second kappa shape index (κ2) is 6.10. The van der Waals surface area contributed by atoms with Gasteiger partial charge in [-0.1, -0.05) is 13.0 Å². The molecule has 1 aromatic carbocycles. The van der Waals surface area contributed by atoms with Gasteiger partial charge in [-0.3, -0.25) is 0 Å². The van der Waals surface area contributed by atoms with Gasteiger partial charge in [-0.15, -0.1) is 11.8 Å². The van der Waals surface area contributed by atoms with Crippen LogP contribution in [0.1, 0.15) is 12.5 Å². The van der Waals surface area contributed by atoms with Gasteiger partial charge in [0, 0.05) is 22.8 Å². The number of hydrogen-bond donors (Lipinski definition) is 2. The Kier molecular flexibility index (Phi) is 5.08. The van der Waals surface area contributed by atoms with Crippen molar-refractivity contribution in [3.63, 3.8) is 0 Å². The Hall–Kier alpha value is -0.580. The molecule has 0 aliphatic carbocycles. The number of halogens is 1. The van der Waals surface area contributed by atoms with Gasteiger partial charge < -0.3 is 10.2 Å². The Balaban J connectivity index is 2.72. The summed E-state index contributed by atoms with van der Waals surface area (Å²) < 4.78 is 13.2. The van der Waals surface area contributed by atoms with Crippen LogP contribution in [0.2, 0.25) is 0 Å². The van der Waals surface area contributed by atoms with Crippen molar-refractivity contribution in [2.24, 2.45) is 5.92 Å². The zero-order valence-electron chi connectivity index (χ0n) is 8.61. The molecular formula is C11H15FO2S. The monoisotopic (exact) mass is 230 g/mol. The van der Waals surface area contributed by atoms with Gasteiger partial charge in [-0.25, -0.2) is 4.39 Å². The lowest BCUT2D eigenvalue weighted by Crippen LogP contribution is -2.04. The maximum absolute atomic E-state index is 13.2. The van der Waals surface area contributed by atoms with Crippen molar-refractivity contribution < 1.29 is 14.6 Å². The first-order valence-electron chi connectivity index (χ1n) is 4.81. The Morgan fingerprint density at radius 3 is 2.73 bits per heavy atom. The molecule has 1 atom stereocenters. The molecule has 0 spiro atoms. The van der Waals surface area contributed by atoms with Crippen molar-refractivity contribution in [3.05, 3.63) is 29.6 Å². The number of aliphatic hydroxyl groups is 2. The Bertz CT molecular complexity index is 317. The van der Waals surface area contributed by atoms with Gasteiger partial charge in [-0.05, 0) is 18.1 Å². The third kappa shape index (κ3) is 3.48. The highest BCUT2D eigenvalue weighted by Crippen LogP contribution is 2.26. The van der Waals surface area contributed by atoms with E-state index in [1.54, 1.807) is 12.1 Å². The average Bonchev–Trinajstić information content (AvgIpc) is 2.25. The highest BCUT2D eigenvalue weighted by atomic mass is 32.2. The van der Waals surface area contributed by atoms with E-state index in [9.17, 15) is 4.39 Å². The molecule has 15 heavy (non-hydrogen) atoms.